The van der Waals surface area contributed by atoms with Gasteiger partial charge in [0.25, 0.3) is 0 Å². The molecule has 1 aromatic carbocycles. The lowest BCUT2D eigenvalue weighted by Gasteiger charge is -2.34. The minimum Gasteiger partial charge on any atom is -0.480 e. The highest BCUT2D eigenvalue weighted by molar-refractivity contribution is 9.10. The summed E-state index contributed by atoms with van der Waals surface area (Å²) in [5, 5.41) is 8.80. The third-order valence-corrected chi connectivity index (χ3v) is 4.75. The average Bonchev–Trinajstić information content (AvgIpc) is 2.53. The SMILES string of the molecule is CN(CC(=O)O)CC1CN(C(=O)CCc2ccccc2Br)CCO1. The smallest absolute Gasteiger partial charge is 0.317 e. The van der Waals surface area contributed by atoms with Crippen molar-refractivity contribution in [1.82, 2.24) is 9.80 Å². The number of hydrogen-bond donors (Lipinski definition) is 1. The molecule has 1 fully saturated rings. The van der Waals surface area contributed by atoms with E-state index in [0.29, 0.717) is 39.1 Å². The number of rotatable bonds is 7. The van der Waals surface area contributed by atoms with Gasteiger partial charge in [0.1, 0.15) is 0 Å². The van der Waals surface area contributed by atoms with Gasteiger partial charge in [0.15, 0.2) is 0 Å². The number of carboxylic acid groups (broad SMARTS) is 1. The standard InChI is InChI=1S/C17H23BrN2O4/c1-19(12-17(22)23)10-14-11-20(8-9-24-14)16(21)7-6-13-4-2-3-5-15(13)18/h2-5,14H,6-12H2,1H3,(H,22,23). The van der Waals surface area contributed by atoms with E-state index >= 15 is 0 Å². The zero-order chi connectivity index (χ0) is 17.5. The molecule has 1 aliphatic heterocycles. The molecule has 0 aliphatic carbocycles. The van der Waals surface area contributed by atoms with Crippen LogP contribution in [0.5, 0.6) is 0 Å². The number of morpholine rings is 1. The number of likely N-dealkylation sites (N-methyl/N-ethyl adjacent to an activating group) is 1. The summed E-state index contributed by atoms with van der Waals surface area (Å²) in [6, 6.07) is 7.91. The number of carboxylic acids is 1. The van der Waals surface area contributed by atoms with E-state index in [0.717, 1.165) is 10.0 Å². The van der Waals surface area contributed by atoms with Crippen molar-refractivity contribution in [2.45, 2.75) is 18.9 Å². The van der Waals surface area contributed by atoms with E-state index in [9.17, 15) is 9.59 Å². The van der Waals surface area contributed by atoms with Crippen molar-refractivity contribution in [3.8, 4) is 0 Å². The molecule has 0 spiro atoms. The zero-order valence-corrected chi connectivity index (χ0v) is 15.4. The van der Waals surface area contributed by atoms with E-state index in [1.807, 2.05) is 29.2 Å². The number of hydrogen-bond acceptors (Lipinski definition) is 4. The Morgan fingerprint density at radius 3 is 2.88 bits per heavy atom. The summed E-state index contributed by atoms with van der Waals surface area (Å²) in [4.78, 5) is 26.7. The molecule has 1 unspecified atom stereocenters. The molecule has 1 aliphatic rings. The molecule has 1 atom stereocenters. The lowest BCUT2D eigenvalue weighted by molar-refractivity contribution is -0.142. The summed E-state index contributed by atoms with van der Waals surface area (Å²) in [5.41, 5.74) is 1.12. The number of amides is 1. The Balaban J connectivity index is 1.81. The van der Waals surface area contributed by atoms with Gasteiger partial charge >= 0.3 is 5.97 Å². The summed E-state index contributed by atoms with van der Waals surface area (Å²) in [7, 11) is 1.74. The molecular formula is C17H23BrN2O4. The third kappa shape index (κ3) is 5.89. The second-order valence-corrected chi connectivity index (χ2v) is 6.87. The van der Waals surface area contributed by atoms with Gasteiger partial charge < -0.3 is 14.7 Å². The Labute approximate surface area is 150 Å². The van der Waals surface area contributed by atoms with Gasteiger partial charge in [-0.15, -0.1) is 0 Å². The molecule has 0 bridgehead atoms. The van der Waals surface area contributed by atoms with E-state index in [2.05, 4.69) is 15.9 Å². The molecule has 7 heteroatoms. The van der Waals surface area contributed by atoms with Gasteiger partial charge in [-0.2, -0.15) is 0 Å². The van der Waals surface area contributed by atoms with Crippen LogP contribution in [0.15, 0.2) is 28.7 Å². The first-order valence-electron chi connectivity index (χ1n) is 7.99. The molecule has 0 aromatic heterocycles. The first-order valence-corrected chi connectivity index (χ1v) is 8.78. The van der Waals surface area contributed by atoms with Gasteiger partial charge in [0, 0.05) is 30.5 Å². The minimum absolute atomic E-state index is 0.0319. The van der Waals surface area contributed by atoms with Crippen LogP contribution in [0.3, 0.4) is 0 Å². The summed E-state index contributed by atoms with van der Waals surface area (Å²) < 4.78 is 6.68. The molecule has 24 heavy (non-hydrogen) atoms. The fourth-order valence-corrected chi connectivity index (χ4v) is 3.28. The van der Waals surface area contributed by atoms with Crippen molar-refractivity contribution in [2.75, 3.05) is 39.8 Å². The van der Waals surface area contributed by atoms with Gasteiger partial charge in [-0.05, 0) is 25.1 Å². The molecule has 132 valence electrons. The first-order chi connectivity index (χ1) is 11.5. The number of halogens is 1. The molecule has 0 saturated carbocycles. The molecule has 1 heterocycles. The number of ether oxygens (including phenoxy) is 1. The Bertz CT molecular complexity index is 581. The largest absolute Gasteiger partial charge is 0.480 e. The number of nitrogens with zero attached hydrogens (tertiary/aromatic N) is 2. The van der Waals surface area contributed by atoms with Crippen LogP contribution in [-0.4, -0.2) is 72.7 Å². The lowest BCUT2D eigenvalue weighted by Crippen LogP contribution is -2.49. The molecular weight excluding hydrogens is 376 g/mol. The minimum atomic E-state index is -0.866. The first kappa shape index (κ1) is 18.9. The fraction of sp³-hybridized carbons (Fsp3) is 0.529. The van der Waals surface area contributed by atoms with Crippen molar-refractivity contribution in [1.29, 1.82) is 0 Å². The van der Waals surface area contributed by atoms with Crippen LogP contribution >= 0.6 is 15.9 Å². The molecule has 6 nitrogen and oxygen atoms in total. The lowest BCUT2D eigenvalue weighted by atomic mass is 10.1. The fourth-order valence-electron chi connectivity index (χ4n) is 2.80. The van der Waals surface area contributed by atoms with E-state index in [4.69, 9.17) is 9.84 Å². The van der Waals surface area contributed by atoms with E-state index in [1.54, 1.807) is 11.9 Å². The number of aryl methyl sites for hydroxylation is 1. The van der Waals surface area contributed by atoms with Crippen LogP contribution < -0.4 is 0 Å². The summed E-state index contributed by atoms with van der Waals surface area (Å²) >= 11 is 3.50. The Morgan fingerprint density at radius 2 is 2.17 bits per heavy atom. The second-order valence-electron chi connectivity index (χ2n) is 6.01. The number of carbonyl (C=O) groups is 2. The van der Waals surface area contributed by atoms with Gasteiger partial charge in [-0.3, -0.25) is 14.5 Å². The van der Waals surface area contributed by atoms with E-state index < -0.39 is 5.97 Å². The Kier molecular flexibility index (Phi) is 7.20. The molecule has 0 radical (unpaired) electrons. The highest BCUT2D eigenvalue weighted by Gasteiger charge is 2.25. The van der Waals surface area contributed by atoms with Crippen LogP contribution in [0.2, 0.25) is 0 Å². The maximum absolute atomic E-state index is 12.4. The summed E-state index contributed by atoms with van der Waals surface area (Å²) in [5.74, 6) is -0.755. The zero-order valence-electron chi connectivity index (χ0n) is 13.8. The highest BCUT2D eigenvalue weighted by atomic mass is 79.9. The number of aliphatic carboxylic acids is 1. The molecule has 1 amide bonds. The summed E-state index contributed by atoms with van der Waals surface area (Å²) in [6.45, 7) is 2.06. The van der Waals surface area contributed by atoms with Crippen molar-refractivity contribution >= 4 is 27.8 Å². The van der Waals surface area contributed by atoms with Crippen molar-refractivity contribution in [2.24, 2.45) is 0 Å². The average molecular weight is 399 g/mol. The maximum Gasteiger partial charge on any atom is 0.317 e. The predicted molar refractivity (Wildman–Crippen MR) is 93.9 cm³/mol. The van der Waals surface area contributed by atoms with Crippen LogP contribution in [0, 0.1) is 0 Å². The molecule has 1 saturated heterocycles. The van der Waals surface area contributed by atoms with Crippen LogP contribution in [0.4, 0.5) is 0 Å². The van der Waals surface area contributed by atoms with Gasteiger partial charge in [0.2, 0.25) is 5.91 Å². The number of benzene rings is 1. The highest BCUT2D eigenvalue weighted by Crippen LogP contribution is 2.18. The maximum atomic E-state index is 12.4. The van der Waals surface area contributed by atoms with Gasteiger partial charge in [-0.25, -0.2) is 0 Å². The van der Waals surface area contributed by atoms with Crippen molar-refractivity contribution < 1.29 is 19.4 Å². The van der Waals surface area contributed by atoms with Crippen molar-refractivity contribution in [3.05, 3.63) is 34.3 Å². The van der Waals surface area contributed by atoms with E-state index in [1.165, 1.54) is 0 Å². The predicted octanol–water partition coefficient (Wildman–Crippen LogP) is 1.63. The molecule has 1 N–H and O–H groups in total. The van der Waals surface area contributed by atoms with E-state index in [-0.39, 0.29) is 18.6 Å². The van der Waals surface area contributed by atoms with Crippen molar-refractivity contribution in [3.63, 3.8) is 0 Å². The molecule has 1 aromatic rings. The Hall–Kier alpha value is -1.44. The summed E-state index contributed by atoms with van der Waals surface area (Å²) in [6.07, 6.45) is 1.01. The topological polar surface area (TPSA) is 70.1 Å². The third-order valence-electron chi connectivity index (χ3n) is 3.98. The monoisotopic (exact) mass is 398 g/mol. The normalized spacial score (nSPS) is 18.0. The number of carbonyl (C=O) groups excluding carboxylic acids is 1. The quantitative estimate of drug-likeness (QED) is 0.755. The van der Waals surface area contributed by atoms with Crippen LogP contribution in [0.1, 0.15) is 12.0 Å². The molecule has 2 rings (SSSR count). The van der Waals surface area contributed by atoms with Crippen LogP contribution in [-0.2, 0) is 20.7 Å². The van der Waals surface area contributed by atoms with Gasteiger partial charge in [-0.1, -0.05) is 34.1 Å². The second kappa shape index (κ2) is 9.15. The Morgan fingerprint density at radius 1 is 1.42 bits per heavy atom. The van der Waals surface area contributed by atoms with Gasteiger partial charge in [0.05, 0.1) is 19.3 Å². The van der Waals surface area contributed by atoms with Crippen LogP contribution in [0.25, 0.3) is 0 Å².